The van der Waals surface area contributed by atoms with Gasteiger partial charge in [0, 0.05) is 18.7 Å². The predicted molar refractivity (Wildman–Crippen MR) is 72.3 cm³/mol. The molecule has 2 aromatic rings. The van der Waals surface area contributed by atoms with Crippen molar-refractivity contribution in [3.05, 3.63) is 32.8 Å². The summed E-state index contributed by atoms with van der Waals surface area (Å²) in [5.74, 6) is 1.71. The van der Waals surface area contributed by atoms with Gasteiger partial charge in [-0.15, -0.1) is 11.3 Å². The topological polar surface area (TPSA) is 43.6 Å². The van der Waals surface area contributed by atoms with Crippen molar-refractivity contribution in [1.29, 1.82) is 0 Å². The number of hydrogen-bond donors (Lipinski definition) is 1. The number of furan rings is 1. The van der Waals surface area contributed by atoms with Crippen LogP contribution in [-0.4, -0.2) is 13.2 Å². The zero-order valence-electron chi connectivity index (χ0n) is 9.57. The van der Waals surface area contributed by atoms with Gasteiger partial charge in [0.25, 0.3) is 0 Å². The highest BCUT2D eigenvalue weighted by Gasteiger charge is 2.22. The van der Waals surface area contributed by atoms with Gasteiger partial charge in [-0.2, -0.15) is 0 Å². The summed E-state index contributed by atoms with van der Waals surface area (Å²) in [5.41, 5.74) is 1.14. The Hall–Kier alpha value is -0.980. The molecule has 0 unspecified atom stereocenters. The molecule has 0 aliphatic carbocycles. The number of rotatable bonds is 4. The fraction of sp³-hybridized carbons (Fsp3) is 0.333. The van der Waals surface area contributed by atoms with Gasteiger partial charge < -0.3 is 19.2 Å². The fourth-order valence-corrected chi connectivity index (χ4v) is 3.56. The lowest BCUT2D eigenvalue weighted by Crippen LogP contribution is -2.17. The first-order valence-electron chi connectivity index (χ1n) is 5.63. The SMILES string of the molecule is Brc1sc(CNCc2ccoc2)c2c1OCCO2. The molecule has 3 heterocycles. The van der Waals surface area contributed by atoms with Crippen LogP contribution in [0.2, 0.25) is 0 Å². The minimum atomic E-state index is 0.615. The molecule has 1 aliphatic rings. The maximum Gasteiger partial charge on any atom is 0.186 e. The van der Waals surface area contributed by atoms with Crippen LogP contribution in [0.5, 0.6) is 11.5 Å². The van der Waals surface area contributed by atoms with Crippen molar-refractivity contribution in [2.75, 3.05) is 13.2 Å². The van der Waals surface area contributed by atoms with E-state index in [9.17, 15) is 0 Å². The lowest BCUT2D eigenvalue weighted by Gasteiger charge is -2.16. The minimum absolute atomic E-state index is 0.615. The van der Waals surface area contributed by atoms with Gasteiger partial charge in [-0.25, -0.2) is 0 Å². The van der Waals surface area contributed by atoms with Crippen LogP contribution in [0.15, 0.2) is 26.8 Å². The summed E-state index contributed by atoms with van der Waals surface area (Å²) in [4.78, 5) is 1.15. The summed E-state index contributed by atoms with van der Waals surface area (Å²) < 4.78 is 17.3. The number of halogens is 1. The van der Waals surface area contributed by atoms with E-state index in [-0.39, 0.29) is 0 Å². The number of hydrogen-bond acceptors (Lipinski definition) is 5. The normalized spacial score (nSPS) is 13.8. The molecule has 0 atom stereocenters. The zero-order valence-corrected chi connectivity index (χ0v) is 12.0. The Labute approximate surface area is 117 Å². The summed E-state index contributed by atoms with van der Waals surface area (Å²) in [6.07, 6.45) is 3.42. The molecular formula is C12H12BrNO3S. The van der Waals surface area contributed by atoms with E-state index in [4.69, 9.17) is 13.9 Å². The Bertz CT molecular complexity index is 524. The van der Waals surface area contributed by atoms with E-state index in [0.29, 0.717) is 13.2 Å². The van der Waals surface area contributed by atoms with Gasteiger partial charge in [0.1, 0.15) is 17.0 Å². The summed E-state index contributed by atoms with van der Waals surface area (Å²) in [5, 5.41) is 3.36. The Morgan fingerprint density at radius 1 is 1.22 bits per heavy atom. The monoisotopic (exact) mass is 329 g/mol. The second-order valence-electron chi connectivity index (χ2n) is 3.89. The highest BCUT2D eigenvalue weighted by atomic mass is 79.9. The van der Waals surface area contributed by atoms with Crippen LogP contribution in [0.4, 0.5) is 0 Å². The van der Waals surface area contributed by atoms with E-state index < -0.39 is 0 Å². The molecule has 4 nitrogen and oxygen atoms in total. The van der Waals surface area contributed by atoms with Gasteiger partial charge in [0.2, 0.25) is 0 Å². The third-order valence-electron chi connectivity index (χ3n) is 2.62. The molecule has 1 aliphatic heterocycles. The van der Waals surface area contributed by atoms with Crippen molar-refractivity contribution in [1.82, 2.24) is 5.32 Å². The molecule has 0 saturated carbocycles. The molecule has 0 fully saturated rings. The molecule has 6 heteroatoms. The molecule has 0 spiro atoms. The second-order valence-corrected chi connectivity index (χ2v) is 6.31. The molecule has 0 bridgehead atoms. The molecule has 2 aromatic heterocycles. The Kier molecular flexibility index (Phi) is 3.58. The van der Waals surface area contributed by atoms with Crippen LogP contribution >= 0.6 is 27.3 Å². The molecule has 0 radical (unpaired) electrons. The van der Waals surface area contributed by atoms with E-state index in [2.05, 4.69) is 21.2 Å². The van der Waals surface area contributed by atoms with E-state index in [1.165, 1.54) is 0 Å². The first-order valence-corrected chi connectivity index (χ1v) is 7.24. The Morgan fingerprint density at radius 3 is 2.83 bits per heavy atom. The lowest BCUT2D eigenvalue weighted by atomic mass is 10.3. The van der Waals surface area contributed by atoms with Crippen LogP contribution in [0.3, 0.4) is 0 Å². The fourth-order valence-electron chi connectivity index (χ4n) is 1.80. The highest BCUT2D eigenvalue weighted by Crippen LogP contribution is 2.47. The van der Waals surface area contributed by atoms with Crippen molar-refractivity contribution in [2.45, 2.75) is 13.1 Å². The average Bonchev–Trinajstić information content (AvgIpc) is 3.00. The summed E-state index contributed by atoms with van der Waals surface area (Å²) >= 11 is 5.15. The number of fused-ring (bicyclic) bond motifs is 1. The summed E-state index contributed by atoms with van der Waals surface area (Å²) in [7, 11) is 0. The molecule has 1 N–H and O–H groups in total. The molecule has 0 amide bonds. The standard InChI is InChI=1S/C12H12BrNO3S/c13-12-11-10(16-3-4-17-11)9(18-12)6-14-5-8-1-2-15-7-8/h1-2,7,14H,3-6H2. The molecule has 96 valence electrons. The largest absolute Gasteiger partial charge is 0.485 e. The van der Waals surface area contributed by atoms with Gasteiger partial charge in [0.05, 0.1) is 17.4 Å². The van der Waals surface area contributed by atoms with Gasteiger partial charge >= 0.3 is 0 Å². The van der Waals surface area contributed by atoms with Gasteiger partial charge in [-0.3, -0.25) is 0 Å². The second kappa shape index (κ2) is 5.34. The average molecular weight is 330 g/mol. The van der Waals surface area contributed by atoms with E-state index in [0.717, 1.165) is 38.8 Å². The van der Waals surface area contributed by atoms with E-state index in [1.807, 2.05) is 6.07 Å². The Morgan fingerprint density at radius 2 is 2.06 bits per heavy atom. The number of nitrogens with one attached hydrogen (secondary N) is 1. The molecule has 3 rings (SSSR count). The van der Waals surface area contributed by atoms with Crippen LogP contribution in [-0.2, 0) is 13.1 Å². The third kappa shape index (κ3) is 2.41. The zero-order chi connectivity index (χ0) is 12.4. The number of ether oxygens (including phenoxy) is 2. The van der Waals surface area contributed by atoms with Crippen LogP contribution in [0.1, 0.15) is 10.4 Å². The van der Waals surface area contributed by atoms with Crippen LogP contribution in [0.25, 0.3) is 0 Å². The van der Waals surface area contributed by atoms with Crippen LogP contribution < -0.4 is 14.8 Å². The van der Waals surface area contributed by atoms with Crippen LogP contribution in [0, 0.1) is 0 Å². The van der Waals surface area contributed by atoms with E-state index in [1.54, 1.807) is 23.9 Å². The van der Waals surface area contributed by atoms with Crippen molar-refractivity contribution in [2.24, 2.45) is 0 Å². The molecule has 0 aromatic carbocycles. The third-order valence-corrected chi connectivity index (χ3v) is 4.41. The van der Waals surface area contributed by atoms with Crippen molar-refractivity contribution in [3.63, 3.8) is 0 Å². The minimum Gasteiger partial charge on any atom is -0.485 e. The smallest absolute Gasteiger partial charge is 0.186 e. The lowest BCUT2D eigenvalue weighted by molar-refractivity contribution is 0.171. The summed E-state index contributed by atoms with van der Waals surface area (Å²) in [6, 6.07) is 1.95. The van der Waals surface area contributed by atoms with Crippen molar-refractivity contribution >= 4 is 27.3 Å². The molecule has 0 saturated heterocycles. The first kappa shape index (κ1) is 12.1. The predicted octanol–water partition coefficient (Wildman–Crippen LogP) is 3.16. The van der Waals surface area contributed by atoms with Gasteiger partial charge in [0.15, 0.2) is 11.5 Å². The molecule has 18 heavy (non-hydrogen) atoms. The van der Waals surface area contributed by atoms with Crippen molar-refractivity contribution < 1.29 is 13.9 Å². The first-order chi connectivity index (χ1) is 8.84. The number of thiophene rings is 1. The Balaban J connectivity index is 1.66. The van der Waals surface area contributed by atoms with Gasteiger partial charge in [-0.05, 0) is 22.0 Å². The quantitative estimate of drug-likeness (QED) is 0.935. The van der Waals surface area contributed by atoms with Crippen molar-refractivity contribution in [3.8, 4) is 11.5 Å². The maximum absolute atomic E-state index is 5.66. The molecular weight excluding hydrogens is 318 g/mol. The van der Waals surface area contributed by atoms with E-state index >= 15 is 0 Å². The summed E-state index contributed by atoms with van der Waals surface area (Å²) in [6.45, 7) is 2.77. The maximum atomic E-state index is 5.66. The van der Waals surface area contributed by atoms with Gasteiger partial charge in [-0.1, -0.05) is 0 Å². The highest BCUT2D eigenvalue weighted by molar-refractivity contribution is 9.11.